The van der Waals surface area contributed by atoms with Crippen molar-refractivity contribution in [2.75, 3.05) is 6.54 Å². The second kappa shape index (κ2) is 6.51. The van der Waals surface area contributed by atoms with Gasteiger partial charge in [0.15, 0.2) is 0 Å². The zero-order valence-electron chi connectivity index (χ0n) is 13.8. The number of hydrogen-bond acceptors (Lipinski definition) is 3. The molecule has 1 heterocycles. The molecule has 5 nitrogen and oxygen atoms in total. The third kappa shape index (κ3) is 3.45. The van der Waals surface area contributed by atoms with Gasteiger partial charge in [0, 0.05) is 24.1 Å². The molecule has 0 unspecified atom stereocenters. The van der Waals surface area contributed by atoms with Gasteiger partial charge in [-0.2, -0.15) is 5.10 Å². The summed E-state index contributed by atoms with van der Waals surface area (Å²) < 4.78 is 1.44. The molecule has 0 bridgehead atoms. The van der Waals surface area contributed by atoms with Gasteiger partial charge >= 0.3 is 0 Å². The second-order valence-corrected chi connectivity index (χ2v) is 6.41. The van der Waals surface area contributed by atoms with Gasteiger partial charge in [0.25, 0.3) is 11.5 Å². The first-order chi connectivity index (χ1) is 12.2. The van der Waals surface area contributed by atoms with E-state index >= 15 is 0 Å². The largest absolute Gasteiger partial charge is 0.350 e. The normalized spacial score (nSPS) is 13.8. The van der Waals surface area contributed by atoms with Gasteiger partial charge in [0.2, 0.25) is 0 Å². The van der Waals surface area contributed by atoms with Crippen LogP contribution in [0.25, 0.3) is 10.8 Å². The predicted molar refractivity (Wildman–Crippen MR) is 96.8 cm³/mol. The first kappa shape index (κ1) is 15.6. The number of carbonyl (C=O) groups is 1. The van der Waals surface area contributed by atoms with E-state index in [1.54, 1.807) is 6.07 Å². The number of fused-ring (bicyclic) bond motifs is 1. The molecule has 1 amide bonds. The highest BCUT2D eigenvalue weighted by molar-refractivity contribution is 5.98. The molecular formula is C20H19N3O2. The lowest BCUT2D eigenvalue weighted by atomic mass is 10.1. The smallest absolute Gasteiger partial charge is 0.266 e. The van der Waals surface area contributed by atoms with E-state index in [0.717, 1.165) is 29.3 Å². The number of aromatic nitrogens is 2. The molecule has 0 aliphatic heterocycles. The fourth-order valence-electron chi connectivity index (χ4n) is 2.93. The lowest BCUT2D eigenvalue weighted by Gasteiger charge is -2.09. The summed E-state index contributed by atoms with van der Waals surface area (Å²) in [5, 5.41) is 9.40. The van der Waals surface area contributed by atoms with E-state index in [-0.39, 0.29) is 11.5 Å². The first-order valence-electron chi connectivity index (χ1n) is 8.56. The minimum Gasteiger partial charge on any atom is -0.350 e. The van der Waals surface area contributed by atoms with Crippen LogP contribution in [0.1, 0.15) is 34.8 Å². The van der Waals surface area contributed by atoms with Crippen LogP contribution in [0.3, 0.4) is 0 Å². The van der Waals surface area contributed by atoms with Crippen LogP contribution in [0.2, 0.25) is 0 Å². The molecule has 1 N–H and O–H groups in total. The Balaban J connectivity index is 1.41. The van der Waals surface area contributed by atoms with Crippen LogP contribution in [0, 0.1) is 0 Å². The highest BCUT2D eigenvalue weighted by atomic mass is 16.1. The summed E-state index contributed by atoms with van der Waals surface area (Å²) in [5.74, 6) is 0.358. The van der Waals surface area contributed by atoms with Crippen LogP contribution in [0.15, 0.2) is 59.4 Å². The molecule has 0 radical (unpaired) electrons. The van der Waals surface area contributed by atoms with Crippen LogP contribution in [0.5, 0.6) is 0 Å². The van der Waals surface area contributed by atoms with E-state index in [2.05, 4.69) is 10.4 Å². The van der Waals surface area contributed by atoms with E-state index in [1.165, 1.54) is 4.68 Å². The molecule has 0 saturated heterocycles. The maximum Gasteiger partial charge on any atom is 0.266 e. The van der Waals surface area contributed by atoms with Gasteiger partial charge in [0.1, 0.15) is 0 Å². The average molecular weight is 333 g/mol. The number of carbonyl (C=O) groups excluding carboxylic acids is 1. The van der Waals surface area contributed by atoms with Crippen molar-refractivity contribution in [3.05, 3.63) is 76.2 Å². The Morgan fingerprint density at radius 2 is 1.88 bits per heavy atom. The standard InChI is InChI=1S/C20H19N3O2/c24-19-10-9-18(15-6-7-15)22-23(19)12-11-21-20(25)17-8-5-14-3-1-2-4-16(14)13-17/h1-5,8-10,13,15H,6-7,11-12H2,(H,21,25). The Bertz CT molecular complexity index is 989. The third-order valence-corrected chi connectivity index (χ3v) is 4.50. The van der Waals surface area contributed by atoms with Crippen molar-refractivity contribution in [2.45, 2.75) is 25.3 Å². The molecule has 4 rings (SSSR count). The van der Waals surface area contributed by atoms with Crippen LogP contribution in [0.4, 0.5) is 0 Å². The summed E-state index contributed by atoms with van der Waals surface area (Å²) in [6, 6.07) is 16.9. The summed E-state index contributed by atoms with van der Waals surface area (Å²) in [7, 11) is 0. The lowest BCUT2D eigenvalue weighted by molar-refractivity contribution is 0.0952. The number of amides is 1. The zero-order chi connectivity index (χ0) is 17.2. The van der Waals surface area contributed by atoms with Gasteiger partial charge in [-0.05, 0) is 41.8 Å². The van der Waals surface area contributed by atoms with Crippen molar-refractivity contribution in [1.29, 1.82) is 0 Å². The summed E-state index contributed by atoms with van der Waals surface area (Å²) in [5.41, 5.74) is 1.45. The monoisotopic (exact) mass is 333 g/mol. The number of rotatable bonds is 5. The molecule has 1 aliphatic rings. The molecule has 2 aromatic carbocycles. The fourth-order valence-corrected chi connectivity index (χ4v) is 2.93. The maximum absolute atomic E-state index is 12.3. The SMILES string of the molecule is O=C(NCCn1nc(C2CC2)ccc1=O)c1ccc2ccccc2c1. The van der Waals surface area contributed by atoms with Gasteiger partial charge in [-0.1, -0.05) is 30.3 Å². The molecule has 1 aromatic heterocycles. The highest BCUT2D eigenvalue weighted by Crippen LogP contribution is 2.38. The van der Waals surface area contributed by atoms with Crippen molar-refractivity contribution in [3.63, 3.8) is 0 Å². The quantitative estimate of drug-likeness (QED) is 0.781. The average Bonchev–Trinajstić information content (AvgIpc) is 3.48. The van der Waals surface area contributed by atoms with Gasteiger partial charge in [-0.25, -0.2) is 4.68 Å². The van der Waals surface area contributed by atoms with Gasteiger partial charge in [0.05, 0.1) is 12.2 Å². The van der Waals surface area contributed by atoms with E-state index in [0.29, 0.717) is 24.6 Å². The first-order valence-corrected chi connectivity index (χ1v) is 8.56. The van der Waals surface area contributed by atoms with E-state index in [4.69, 9.17) is 0 Å². The Labute approximate surface area is 145 Å². The Morgan fingerprint density at radius 1 is 1.08 bits per heavy atom. The van der Waals surface area contributed by atoms with Crippen molar-refractivity contribution < 1.29 is 4.79 Å². The number of nitrogens with zero attached hydrogens (tertiary/aromatic N) is 2. The molecule has 5 heteroatoms. The van der Waals surface area contributed by atoms with Crippen LogP contribution < -0.4 is 10.9 Å². The van der Waals surface area contributed by atoms with Gasteiger partial charge in [-0.3, -0.25) is 9.59 Å². The molecule has 126 valence electrons. The van der Waals surface area contributed by atoms with Gasteiger partial charge in [-0.15, -0.1) is 0 Å². The minimum absolute atomic E-state index is 0.135. The number of benzene rings is 2. The highest BCUT2D eigenvalue weighted by Gasteiger charge is 2.25. The summed E-state index contributed by atoms with van der Waals surface area (Å²) in [4.78, 5) is 24.2. The molecule has 1 fully saturated rings. The molecular weight excluding hydrogens is 314 g/mol. The van der Waals surface area contributed by atoms with Crippen molar-refractivity contribution >= 4 is 16.7 Å². The minimum atomic E-state index is -0.142. The van der Waals surface area contributed by atoms with Crippen LogP contribution >= 0.6 is 0 Å². The lowest BCUT2D eigenvalue weighted by Crippen LogP contribution is -2.32. The number of hydrogen-bond donors (Lipinski definition) is 1. The van der Waals surface area contributed by atoms with E-state index < -0.39 is 0 Å². The Kier molecular flexibility index (Phi) is 4.06. The molecule has 3 aromatic rings. The number of nitrogens with one attached hydrogen (secondary N) is 1. The molecule has 25 heavy (non-hydrogen) atoms. The maximum atomic E-state index is 12.3. The van der Waals surface area contributed by atoms with Crippen LogP contribution in [-0.4, -0.2) is 22.2 Å². The van der Waals surface area contributed by atoms with E-state index in [1.807, 2.05) is 48.5 Å². The van der Waals surface area contributed by atoms with Crippen molar-refractivity contribution in [3.8, 4) is 0 Å². The predicted octanol–water partition coefficient (Wildman–Crippen LogP) is 2.70. The Morgan fingerprint density at radius 3 is 2.68 bits per heavy atom. The van der Waals surface area contributed by atoms with E-state index in [9.17, 15) is 9.59 Å². The topological polar surface area (TPSA) is 64.0 Å². The molecule has 1 saturated carbocycles. The van der Waals surface area contributed by atoms with Crippen molar-refractivity contribution in [1.82, 2.24) is 15.1 Å². The summed E-state index contributed by atoms with van der Waals surface area (Å²) in [6.45, 7) is 0.741. The zero-order valence-corrected chi connectivity index (χ0v) is 13.8. The van der Waals surface area contributed by atoms with Crippen molar-refractivity contribution in [2.24, 2.45) is 0 Å². The second-order valence-electron chi connectivity index (χ2n) is 6.41. The Hall–Kier alpha value is -2.95. The molecule has 1 aliphatic carbocycles. The summed E-state index contributed by atoms with van der Waals surface area (Å²) >= 11 is 0. The fraction of sp³-hybridized carbons (Fsp3) is 0.250. The van der Waals surface area contributed by atoms with Crippen LogP contribution in [-0.2, 0) is 6.54 Å². The summed E-state index contributed by atoms with van der Waals surface area (Å²) in [6.07, 6.45) is 2.29. The molecule has 0 atom stereocenters. The third-order valence-electron chi connectivity index (χ3n) is 4.50. The molecule has 0 spiro atoms. The van der Waals surface area contributed by atoms with Gasteiger partial charge < -0.3 is 5.32 Å².